The molecule has 7 rings (SSSR count). The summed E-state index contributed by atoms with van der Waals surface area (Å²) < 4.78 is 52.3. The number of aliphatic hydroxyl groups excluding tert-OH is 1. The molecule has 7 aliphatic rings. The highest BCUT2D eigenvalue weighted by molar-refractivity contribution is 5.76. The Balaban J connectivity index is 1.22. The number of rotatable bonds is 6. The SMILES string of the molecule is CCC(C)C1CC=CC2(CC3CC(CC=C(C)C(C4CC(OC)C(C5CC(OC)CC(C)O5)C(C)O4)C(C)C=CC=C4COC5C(O)C(C)=CC(C(=O)O3)C45)O2)O1. The molecule has 6 heterocycles. The predicted octanol–water partition coefficient (Wildman–Crippen LogP) is 7.59. The molecule has 0 aromatic rings. The molecule has 10 nitrogen and oxygen atoms in total. The number of hydrogen-bond donors (Lipinski definition) is 1. The summed E-state index contributed by atoms with van der Waals surface area (Å²) in [4.78, 5) is 14.3. The lowest BCUT2D eigenvalue weighted by molar-refractivity contribution is -0.294. The standard InChI is InChI=1S/C47H70O10/c1-10-26(2)37-15-12-18-47(57-37)24-35-21-33(56-47)17-16-28(4)41(40-23-38(51-9)42(31(7)54-40)39-22-34(50-8)20-30(6)53-39)27(3)13-11-14-32-25-52-45-43(32)36(46(49)55-35)19-29(5)44(45)48/h11-14,16,18-19,26-27,30-31,33-45,48H,10,15,17,20-25H2,1-9H3. The van der Waals surface area contributed by atoms with Gasteiger partial charge in [-0.2, -0.15) is 0 Å². The summed E-state index contributed by atoms with van der Waals surface area (Å²) in [6, 6.07) is 0. The van der Waals surface area contributed by atoms with Crippen LogP contribution in [0, 0.1) is 35.5 Å². The van der Waals surface area contributed by atoms with Gasteiger partial charge in [0.1, 0.15) is 12.2 Å². The van der Waals surface area contributed by atoms with Gasteiger partial charge in [0.25, 0.3) is 0 Å². The molecule has 1 aliphatic carbocycles. The van der Waals surface area contributed by atoms with Gasteiger partial charge in [0.15, 0.2) is 5.79 Å². The zero-order valence-corrected chi connectivity index (χ0v) is 35.8. The number of hydrogen-bond acceptors (Lipinski definition) is 10. The quantitative estimate of drug-likeness (QED) is 0.213. The molecule has 10 heteroatoms. The molecule has 318 valence electrons. The van der Waals surface area contributed by atoms with Gasteiger partial charge in [-0.3, -0.25) is 4.79 Å². The Labute approximate surface area is 341 Å². The minimum Gasteiger partial charge on any atom is -0.462 e. The normalized spacial score (nSPS) is 46.1. The van der Waals surface area contributed by atoms with Crippen molar-refractivity contribution in [3.05, 3.63) is 59.3 Å². The first kappa shape index (κ1) is 43.0. The van der Waals surface area contributed by atoms with Crippen LogP contribution in [0.25, 0.3) is 0 Å². The van der Waals surface area contributed by atoms with E-state index in [0.717, 1.165) is 43.3 Å². The van der Waals surface area contributed by atoms with Gasteiger partial charge in [-0.25, -0.2) is 0 Å². The lowest BCUT2D eigenvalue weighted by Gasteiger charge is -2.48. The topological polar surface area (TPSA) is 111 Å². The highest BCUT2D eigenvalue weighted by atomic mass is 16.7. The minimum atomic E-state index is -0.982. The number of ether oxygens (including phenoxy) is 8. The van der Waals surface area contributed by atoms with Crippen molar-refractivity contribution in [3.8, 4) is 0 Å². The Morgan fingerprint density at radius 3 is 2.51 bits per heavy atom. The van der Waals surface area contributed by atoms with Crippen molar-refractivity contribution in [3.63, 3.8) is 0 Å². The van der Waals surface area contributed by atoms with Crippen LogP contribution in [-0.4, -0.2) is 105 Å². The minimum absolute atomic E-state index is 0.0100. The van der Waals surface area contributed by atoms with Gasteiger partial charge in [0.2, 0.25) is 0 Å². The number of carbonyl (C=O) groups is 1. The van der Waals surface area contributed by atoms with Crippen LogP contribution in [-0.2, 0) is 42.7 Å². The van der Waals surface area contributed by atoms with E-state index in [9.17, 15) is 9.90 Å². The van der Waals surface area contributed by atoms with Crippen molar-refractivity contribution < 1.29 is 47.8 Å². The van der Waals surface area contributed by atoms with Crippen molar-refractivity contribution in [1.82, 2.24) is 0 Å². The first-order valence-corrected chi connectivity index (χ1v) is 22.0. The monoisotopic (exact) mass is 794 g/mol. The number of fused-ring (bicyclic) bond motifs is 2. The van der Waals surface area contributed by atoms with Crippen LogP contribution < -0.4 is 0 Å². The molecular formula is C47H70O10. The predicted molar refractivity (Wildman–Crippen MR) is 217 cm³/mol. The van der Waals surface area contributed by atoms with Crippen LogP contribution in [0.15, 0.2) is 59.3 Å². The molecule has 0 aromatic carbocycles. The van der Waals surface area contributed by atoms with E-state index in [1.807, 2.05) is 20.1 Å². The fourth-order valence-electron chi connectivity index (χ4n) is 11.2. The second kappa shape index (κ2) is 18.2. The molecule has 0 radical (unpaired) electrons. The fourth-order valence-corrected chi connectivity index (χ4v) is 11.2. The average molecular weight is 795 g/mol. The summed E-state index contributed by atoms with van der Waals surface area (Å²) in [5, 5.41) is 11.2. The Morgan fingerprint density at radius 2 is 1.75 bits per heavy atom. The first-order valence-electron chi connectivity index (χ1n) is 22.0. The number of esters is 1. The van der Waals surface area contributed by atoms with Gasteiger partial charge in [0, 0.05) is 57.7 Å². The van der Waals surface area contributed by atoms with E-state index in [1.54, 1.807) is 7.11 Å². The third kappa shape index (κ3) is 9.14. The van der Waals surface area contributed by atoms with Crippen LogP contribution in [0.5, 0.6) is 0 Å². The summed E-state index contributed by atoms with van der Waals surface area (Å²) in [6.45, 7) is 15.4. The van der Waals surface area contributed by atoms with Crippen LogP contribution in [0.2, 0.25) is 0 Å². The summed E-state index contributed by atoms with van der Waals surface area (Å²) in [7, 11) is 3.61. The Morgan fingerprint density at radius 1 is 0.947 bits per heavy atom. The van der Waals surface area contributed by atoms with Crippen molar-refractivity contribution in [2.24, 2.45) is 35.5 Å². The number of allylic oxidation sites excluding steroid dienone is 3. The van der Waals surface area contributed by atoms with E-state index in [2.05, 4.69) is 78.0 Å². The van der Waals surface area contributed by atoms with E-state index in [-0.39, 0.29) is 78.5 Å². The maximum atomic E-state index is 14.3. The second-order valence-electron chi connectivity index (χ2n) is 18.4. The maximum Gasteiger partial charge on any atom is 0.313 e. The van der Waals surface area contributed by atoms with Gasteiger partial charge < -0.3 is 43.0 Å². The molecule has 18 unspecified atom stereocenters. The number of aliphatic hydroxyl groups is 1. The maximum absolute atomic E-state index is 14.3. The summed E-state index contributed by atoms with van der Waals surface area (Å²) in [6.07, 6.45) is 18.9. The molecule has 18 atom stereocenters. The molecule has 6 aliphatic heterocycles. The van der Waals surface area contributed by atoms with Gasteiger partial charge in [-0.05, 0) is 76.0 Å². The molecule has 4 saturated heterocycles. The van der Waals surface area contributed by atoms with E-state index in [0.29, 0.717) is 31.8 Å². The highest BCUT2D eigenvalue weighted by Crippen LogP contribution is 2.46. The molecule has 0 amide bonds. The fraction of sp³-hybridized carbons (Fsp3) is 0.766. The van der Waals surface area contributed by atoms with Gasteiger partial charge in [-0.1, -0.05) is 69.2 Å². The first-order chi connectivity index (χ1) is 27.3. The number of carbonyl (C=O) groups excluding carboxylic acids is 1. The summed E-state index contributed by atoms with van der Waals surface area (Å²) >= 11 is 0. The zero-order valence-electron chi connectivity index (χ0n) is 35.8. The molecule has 4 fully saturated rings. The molecule has 0 saturated carbocycles. The third-order valence-corrected chi connectivity index (χ3v) is 14.5. The molecule has 1 N–H and O–H groups in total. The lowest BCUT2D eigenvalue weighted by atomic mass is 9.74. The van der Waals surface area contributed by atoms with Crippen LogP contribution in [0.3, 0.4) is 0 Å². The van der Waals surface area contributed by atoms with Gasteiger partial charge in [-0.15, -0.1) is 0 Å². The summed E-state index contributed by atoms with van der Waals surface area (Å²) in [5.41, 5.74) is 2.95. The van der Waals surface area contributed by atoms with Crippen molar-refractivity contribution >= 4 is 5.97 Å². The van der Waals surface area contributed by atoms with Crippen LogP contribution in [0.4, 0.5) is 0 Å². The van der Waals surface area contributed by atoms with Crippen molar-refractivity contribution in [2.75, 3.05) is 20.8 Å². The van der Waals surface area contributed by atoms with Gasteiger partial charge >= 0.3 is 5.97 Å². The van der Waals surface area contributed by atoms with Gasteiger partial charge in [0.05, 0.1) is 67.5 Å². The van der Waals surface area contributed by atoms with Crippen LogP contribution >= 0.6 is 0 Å². The molecule has 0 aromatic heterocycles. The largest absolute Gasteiger partial charge is 0.462 e. The zero-order chi connectivity index (χ0) is 40.6. The van der Waals surface area contributed by atoms with E-state index < -0.39 is 30.0 Å². The van der Waals surface area contributed by atoms with E-state index in [1.165, 1.54) is 5.57 Å². The Hall–Kier alpha value is -2.15. The Kier molecular flexibility index (Phi) is 13.7. The average Bonchev–Trinajstić information content (AvgIpc) is 3.61. The van der Waals surface area contributed by atoms with Crippen molar-refractivity contribution in [2.45, 2.75) is 173 Å². The van der Waals surface area contributed by atoms with E-state index in [4.69, 9.17) is 37.9 Å². The van der Waals surface area contributed by atoms with Crippen molar-refractivity contribution in [1.29, 1.82) is 0 Å². The smallest absolute Gasteiger partial charge is 0.313 e. The highest BCUT2D eigenvalue weighted by Gasteiger charge is 2.51. The Bertz CT molecular complexity index is 1570. The molecular weight excluding hydrogens is 725 g/mol. The number of methoxy groups -OCH3 is 2. The second-order valence-corrected chi connectivity index (χ2v) is 18.4. The third-order valence-electron chi connectivity index (χ3n) is 14.5. The molecule has 2 bridgehead atoms. The van der Waals surface area contributed by atoms with E-state index >= 15 is 0 Å². The summed E-state index contributed by atoms with van der Waals surface area (Å²) in [5.74, 6) is -1.57. The molecule has 1 spiro atoms. The molecule has 57 heavy (non-hydrogen) atoms. The van der Waals surface area contributed by atoms with Crippen LogP contribution in [0.1, 0.15) is 99.8 Å². The lowest BCUT2D eigenvalue weighted by Crippen LogP contribution is -2.54.